The summed E-state index contributed by atoms with van der Waals surface area (Å²) in [6.07, 6.45) is 2.33. The summed E-state index contributed by atoms with van der Waals surface area (Å²) < 4.78 is 16.1. The Morgan fingerprint density at radius 3 is 2.90 bits per heavy atom. The van der Waals surface area contributed by atoms with Gasteiger partial charge in [0.25, 0.3) is 0 Å². The molecule has 1 aromatic carbocycles. The van der Waals surface area contributed by atoms with E-state index < -0.39 is 6.04 Å². The Morgan fingerprint density at radius 2 is 2.30 bits per heavy atom. The van der Waals surface area contributed by atoms with E-state index in [2.05, 4.69) is 11.4 Å². The lowest BCUT2D eigenvalue weighted by atomic mass is 10.1. The molecule has 0 bridgehead atoms. The lowest BCUT2D eigenvalue weighted by Gasteiger charge is -2.18. The minimum absolute atomic E-state index is 0.197. The monoisotopic (exact) mass is 276 g/mol. The van der Waals surface area contributed by atoms with Crippen LogP contribution < -0.4 is 14.8 Å². The van der Waals surface area contributed by atoms with Gasteiger partial charge in [0.05, 0.1) is 26.4 Å². The lowest BCUT2D eigenvalue weighted by Crippen LogP contribution is -2.29. The van der Waals surface area contributed by atoms with Gasteiger partial charge in [-0.1, -0.05) is 0 Å². The number of hydrogen-bond acceptors (Lipinski definition) is 5. The maximum absolute atomic E-state index is 9.39. The molecule has 1 aliphatic rings. The SMILES string of the molecule is COc1ccc(OC)c(C(C#N)NCC2CCCO2)c1. The average molecular weight is 276 g/mol. The second-order valence-electron chi connectivity index (χ2n) is 4.71. The molecule has 2 rings (SSSR count). The molecule has 0 saturated carbocycles. The molecule has 5 nitrogen and oxygen atoms in total. The van der Waals surface area contributed by atoms with Crippen molar-refractivity contribution in [1.82, 2.24) is 5.32 Å². The highest BCUT2D eigenvalue weighted by molar-refractivity contribution is 5.44. The van der Waals surface area contributed by atoms with E-state index in [1.54, 1.807) is 14.2 Å². The molecule has 1 aliphatic heterocycles. The second-order valence-corrected chi connectivity index (χ2v) is 4.71. The van der Waals surface area contributed by atoms with Gasteiger partial charge in [0.1, 0.15) is 17.5 Å². The van der Waals surface area contributed by atoms with Crippen molar-refractivity contribution in [2.75, 3.05) is 27.4 Å². The summed E-state index contributed by atoms with van der Waals surface area (Å²) >= 11 is 0. The quantitative estimate of drug-likeness (QED) is 0.861. The normalized spacial score (nSPS) is 19.4. The third kappa shape index (κ3) is 3.41. The highest BCUT2D eigenvalue weighted by Gasteiger charge is 2.20. The van der Waals surface area contributed by atoms with Gasteiger partial charge in [-0.25, -0.2) is 0 Å². The number of methoxy groups -OCH3 is 2. The molecule has 1 N–H and O–H groups in total. The molecule has 20 heavy (non-hydrogen) atoms. The Hall–Kier alpha value is -1.77. The second kappa shape index (κ2) is 7.13. The molecule has 0 aromatic heterocycles. The van der Waals surface area contributed by atoms with Crippen LogP contribution in [0.3, 0.4) is 0 Å². The third-order valence-electron chi connectivity index (χ3n) is 3.45. The van der Waals surface area contributed by atoms with E-state index >= 15 is 0 Å². The number of rotatable bonds is 6. The number of ether oxygens (including phenoxy) is 3. The van der Waals surface area contributed by atoms with Crippen LogP contribution in [0.15, 0.2) is 18.2 Å². The summed E-state index contributed by atoms with van der Waals surface area (Å²) in [5.41, 5.74) is 0.785. The molecule has 2 atom stereocenters. The van der Waals surface area contributed by atoms with Crippen LogP contribution in [-0.4, -0.2) is 33.5 Å². The molecular formula is C15H20N2O3. The van der Waals surface area contributed by atoms with Gasteiger partial charge in [-0.05, 0) is 31.0 Å². The van der Waals surface area contributed by atoms with Crippen LogP contribution in [0.4, 0.5) is 0 Å². The van der Waals surface area contributed by atoms with Crippen LogP contribution in [0.2, 0.25) is 0 Å². The highest BCUT2D eigenvalue weighted by Crippen LogP contribution is 2.29. The smallest absolute Gasteiger partial charge is 0.125 e. The molecular weight excluding hydrogens is 256 g/mol. The van der Waals surface area contributed by atoms with Crippen LogP contribution in [0.5, 0.6) is 11.5 Å². The first-order chi connectivity index (χ1) is 9.78. The summed E-state index contributed by atoms with van der Waals surface area (Å²) in [6, 6.07) is 7.28. The summed E-state index contributed by atoms with van der Waals surface area (Å²) in [7, 11) is 3.20. The van der Waals surface area contributed by atoms with Crippen LogP contribution in [-0.2, 0) is 4.74 Å². The van der Waals surface area contributed by atoms with Crippen molar-refractivity contribution in [2.45, 2.75) is 25.0 Å². The Morgan fingerprint density at radius 1 is 1.45 bits per heavy atom. The topological polar surface area (TPSA) is 63.5 Å². The first-order valence-electron chi connectivity index (χ1n) is 6.75. The van der Waals surface area contributed by atoms with Gasteiger partial charge in [0.2, 0.25) is 0 Å². The molecule has 5 heteroatoms. The first kappa shape index (κ1) is 14.6. The Balaban J connectivity index is 2.10. The molecule has 1 heterocycles. The maximum Gasteiger partial charge on any atom is 0.125 e. The zero-order chi connectivity index (χ0) is 14.4. The highest BCUT2D eigenvalue weighted by atomic mass is 16.5. The Bertz CT molecular complexity index is 478. The fourth-order valence-electron chi connectivity index (χ4n) is 2.34. The van der Waals surface area contributed by atoms with Gasteiger partial charge in [-0.3, -0.25) is 5.32 Å². The van der Waals surface area contributed by atoms with Crippen molar-refractivity contribution in [1.29, 1.82) is 5.26 Å². The number of hydrogen-bond donors (Lipinski definition) is 1. The van der Waals surface area contributed by atoms with Crippen molar-refractivity contribution < 1.29 is 14.2 Å². The molecule has 1 aromatic rings. The van der Waals surface area contributed by atoms with E-state index in [4.69, 9.17) is 14.2 Å². The van der Waals surface area contributed by atoms with Crippen molar-refractivity contribution in [3.05, 3.63) is 23.8 Å². The van der Waals surface area contributed by atoms with Gasteiger partial charge >= 0.3 is 0 Å². The van der Waals surface area contributed by atoms with Crippen LogP contribution in [0.1, 0.15) is 24.4 Å². The predicted octanol–water partition coefficient (Wildman–Crippen LogP) is 2.04. The van der Waals surface area contributed by atoms with Gasteiger partial charge < -0.3 is 14.2 Å². The number of benzene rings is 1. The lowest BCUT2D eigenvalue weighted by molar-refractivity contribution is 0.109. The largest absolute Gasteiger partial charge is 0.497 e. The van der Waals surface area contributed by atoms with Crippen molar-refractivity contribution in [3.63, 3.8) is 0 Å². The van der Waals surface area contributed by atoms with Crippen LogP contribution in [0, 0.1) is 11.3 Å². The molecule has 2 unspecified atom stereocenters. The Kier molecular flexibility index (Phi) is 5.22. The standard InChI is InChI=1S/C15H20N2O3/c1-18-11-5-6-15(19-2)13(8-11)14(9-16)17-10-12-4-3-7-20-12/h5-6,8,12,14,17H,3-4,7,10H2,1-2H3. The van der Waals surface area contributed by atoms with Crippen molar-refractivity contribution >= 4 is 0 Å². The molecule has 1 saturated heterocycles. The van der Waals surface area contributed by atoms with E-state index in [0.717, 1.165) is 25.0 Å². The fourth-order valence-corrected chi connectivity index (χ4v) is 2.34. The van der Waals surface area contributed by atoms with Crippen LogP contribution in [0.25, 0.3) is 0 Å². The molecule has 0 aliphatic carbocycles. The van der Waals surface area contributed by atoms with E-state index in [9.17, 15) is 5.26 Å². The van der Waals surface area contributed by atoms with E-state index in [0.29, 0.717) is 18.0 Å². The van der Waals surface area contributed by atoms with Crippen LogP contribution >= 0.6 is 0 Å². The summed E-state index contributed by atoms with van der Waals surface area (Å²) in [5, 5.41) is 12.6. The average Bonchev–Trinajstić information content (AvgIpc) is 3.01. The van der Waals surface area contributed by atoms with Gasteiger partial charge in [-0.2, -0.15) is 5.26 Å². The molecule has 108 valence electrons. The van der Waals surface area contributed by atoms with Gasteiger partial charge in [-0.15, -0.1) is 0 Å². The molecule has 0 spiro atoms. The minimum atomic E-state index is -0.441. The summed E-state index contributed by atoms with van der Waals surface area (Å²) in [5.74, 6) is 1.39. The van der Waals surface area contributed by atoms with E-state index in [1.807, 2.05) is 18.2 Å². The Labute approximate surface area is 119 Å². The summed E-state index contributed by atoms with van der Waals surface area (Å²) in [6.45, 7) is 1.48. The fraction of sp³-hybridized carbons (Fsp3) is 0.533. The predicted molar refractivity (Wildman–Crippen MR) is 74.9 cm³/mol. The van der Waals surface area contributed by atoms with Gasteiger partial charge in [0, 0.05) is 18.7 Å². The first-order valence-corrected chi connectivity index (χ1v) is 6.75. The minimum Gasteiger partial charge on any atom is -0.497 e. The molecule has 0 radical (unpaired) electrons. The zero-order valence-corrected chi connectivity index (χ0v) is 11.9. The third-order valence-corrected chi connectivity index (χ3v) is 3.45. The number of nitrogens with zero attached hydrogens (tertiary/aromatic N) is 1. The van der Waals surface area contributed by atoms with E-state index in [1.165, 1.54) is 0 Å². The summed E-state index contributed by atoms with van der Waals surface area (Å²) in [4.78, 5) is 0. The zero-order valence-electron chi connectivity index (χ0n) is 11.9. The maximum atomic E-state index is 9.39. The van der Waals surface area contributed by atoms with Crippen molar-refractivity contribution in [3.8, 4) is 17.6 Å². The van der Waals surface area contributed by atoms with Crippen molar-refractivity contribution in [2.24, 2.45) is 0 Å². The van der Waals surface area contributed by atoms with Gasteiger partial charge in [0.15, 0.2) is 0 Å². The van der Waals surface area contributed by atoms with E-state index in [-0.39, 0.29) is 6.10 Å². The number of nitrogens with one attached hydrogen (secondary N) is 1. The number of nitriles is 1. The molecule has 0 amide bonds. The molecule has 1 fully saturated rings.